The monoisotopic (exact) mass is 330 g/mol. The number of nitrogens with one attached hydrogen (secondary N) is 1. The third-order valence-electron chi connectivity index (χ3n) is 3.92. The molecular formula is C17H22N4OS. The van der Waals surface area contributed by atoms with Gasteiger partial charge < -0.3 is 9.88 Å². The summed E-state index contributed by atoms with van der Waals surface area (Å²) in [7, 11) is 0. The van der Waals surface area contributed by atoms with E-state index in [1.165, 1.54) is 30.2 Å². The molecule has 1 aromatic heterocycles. The summed E-state index contributed by atoms with van der Waals surface area (Å²) >= 11 is 1.45. The third kappa shape index (κ3) is 3.93. The summed E-state index contributed by atoms with van der Waals surface area (Å²) in [4.78, 5) is 12.2. The molecular weight excluding hydrogens is 308 g/mol. The highest BCUT2D eigenvalue weighted by molar-refractivity contribution is 7.99. The molecule has 1 saturated carbocycles. The minimum Gasteiger partial charge on any atom is -0.325 e. The molecule has 0 bridgehead atoms. The van der Waals surface area contributed by atoms with E-state index in [1.54, 1.807) is 0 Å². The van der Waals surface area contributed by atoms with Crippen molar-refractivity contribution in [1.29, 1.82) is 0 Å². The van der Waals surface area contributed by atoms with E-state index < -0.39 is 0 Å². The molecule has 23 heavy (non-hydrogen) atoms. The number of amides is 1. The molecule has 0 unspecified atom stereocenters. The first-order chi connectivity index (χ1) is 11.0. The Hall–Kier alpha value is -1.82. The average molecular weight is 330 g/mol. The largest absolute Gasteiger partial charge is 0.325 e. The van der Waals surface area contributed by atoms with E-state index in [1.807, 2.05) is 25.1 Å². The molecule has 1 amide bonds. The summed E-state index contributed by atoms with van der Waals surface area (Å²) in [6.07, 6.45) is 2.36. The molecule has 122 valence electrons. The predicted octanol–water partition coefficient (Wildman–Crippen LogP) is 3.78. The Morgan fingerprint density at radius 2 is 2.17 bits per heavy atom. The van der Waals surface area contributed by atoms with E-state index >= 15 is 0 Å². The predicted molar refractivity (Wildman–Crippen MR) is 92.9 cm³/mol. The van der Waals surface area contributed by atoms with Crippen molar-refractivity contribution in [2.45, 2.75) is 50.7 Å². The highest BCUT2D eigenvalue weighted by atomic mass is 32.2. The standard InChI is InChI=1S/C17H22N4OS/c1-11(2)13-5-4-6-14(9-13)18-16(22)10-23-17-20-19-12(3)21(17)15-7-8-15/h4-6,9,11,15H,7-8,10H2,1-3H3,(H,18,22). The van der Waals surface area contributed by atoms with Crippen molar-refractivity contribution in [3.8, 4) is 0 Å². The van der Waals surface area contributed by atoms with Gasteiger partial charge in [-0.05, 0) is 43.4 Å². The number of rotatable bonds is 6. The van der Waals surface area contributed by atoms with Crippen LogP contribution in [0, 0.1) is 6.92 Å². The quantitative estimate of drug-likeness (QED) is 0.819. The molecule has 1 N–H and O–H groups in total. The normalized spacial score (nSPS) is 14.3. The van der Waals surface area contributed by atoms with Gasteiger partial charge in [0, 0.05) is 11.7 Å². The highest BCUT2D eigenvalue weighted by Gasteiger charge is 2.28. The van der Waals surface area contributed by atoms with Crippen molar-refractivity contribution >= 4 is 23.4 Å². The van der Waals surface area contributed by atoms with Gasteiger partial charge in [-0.1, -0.05) is 37.7 Å². The van der Waals surface area contributed by atoms with Crippen molar-refractivity contribution in [3.63, 3.8) is 0 Å². The third-order valence-corrected chi connectivity index (χ3v) is 4.86. The first kappa shape index (κ1) is 16.1. The van der Waals surface area contributed by atoms with Gasteiger partial charge in [-0.15, -0.1) is 10.2 Å². The smallest absolute Gasteiger partial charge is 0.234 e. The van der Waals surface area contributed by atoms with Gasteiger partial charge in [0.15, 0.2) is 5.16 Å². The molecule has 0 atom stereocenters. The fraction of sp³-hybridized carbons (Fsp3) is 0.471. The maximum atomic E-state index is 12.2. The summed E-state index contributed by atoms with van der Waals surface area (Å²) < 4.78 is 2.15. The van der Waals surface area contributed by atoms with Crippen LogP contribution in [0.1, 0.15) is 50.0 Å². The van der Waals surface area contributed by atoms with Crippen LogP contribution in [-0.2, 0) is 4.79 Å². The molecule has 1 heterocycles. The van der Waals surface area contributed by atoms with Crippen molar-refractivity contribution in [2.24, 2.45) is 0 Å². The molecule has 2 aromatic rings. The maximum absolute atomic E-state index is 12.2. The number of anilines is 1. The van der Waals surface area contributed by atoms with Crippen LogP contribution in [0.25, 0.3) is 0 Å². The number of aromatic nitrogens is 3. The van der Waals surface area contributed by atoms with Gasteiger partial charge in [0.05, 0.1) is 5.75 Å². The van der Waals surface area contributed by atoms with Gasteiger partial charge in [-0.3, -0.25) is 4.79 Å². The minimum atomic E-state index is -0.0149. The molecule has 5 nitrogen and oxygen atoms in total. The summed E-state index contributed by atoms with van der Waals surface area (Å²) in [6.45, 7) is 6.25. The second-order valence-electron chi connectivity index (χ2n) is 6.25. The average Bonchev–Trinajstić information content (AvgIpc) is 3.28. The Balaban J connectivity index is 1.59. The van der Waals surface area contributed by atoms with E-state index in [2.05, 4.69) is 40.0 Å². The molecule has 0 spiro atoms. The van der Waals surface area contributed by atoms with Gasteiger partial charge in [-0.25, -0.2) is 0 Å². The summed E-state index contributed by atoms with van der Waals surface area (Å²) in [5.41, 5.74) is 2.07. The van der Waals surface area contributed by atoms with Crippen LogP contribution in [0.4, 0.5) is 5.69 Å². The van der Waals surface area contributed by atoms with Crippen LogP contribution in [-0.4, -0.2) is 26.4 Å². The second kappa shape index (κ2) is 6.74. The Kier molecular flexibility index (Phi) is 4.71. The van der Waals surface area contributed by atoms with Gasteiger partial charge in [-0.2, -0.15) is 0 Å². The summed E-state index contributed by atoms with van der Waals surface area (Å²) in [5, 5.41) is 12.1. The van der Waals surface area contributed by atoms with Crippen LogP contribution >= 0.6 is 11.8 Å². The number of nitrogens with zero attached hydrogens (tertiary/aromatic N) is 3. The first-order valence-corrected chi connectivity index (χ1v) is 8.97. The second-order valence-corrected chi connectivity index (χ2v) is 7.19. The SMILES string of the molecule is Cc1nnc(SCC(=O)Nc2cccc(C(C)C)c2)n1C1CC1. The van der Waals surface area contributed by atoms with Gasteiger partial charge in [0.2, 0.25) is 5.91 Å². The maximum Gasteiger partial charge on any atom is 0.234 e. The van der Waals surface area contributed by atoms with E-state index in [9.17, 15) is 4.79 Å². The number of hydrogen-bond donors (Lipinski definition) is 1. The molecule has 6 heteroatoms. The zero-order chi connectivity index (χ0) is 16.4. The molecule has 0 aliphatic heterocycles. The van der Waals surface area contributed by atoms with Crippen LogP contribution in [0.3, 0.4) is 0 Å². The summed E-state index contributed by atoms with van der Waals surface area (Å²) in [6, 6.07) is 8.54. The number of hydrogen-bond acceptors (Lipinski definition) is 4. The van der Waals surface area contributed by atoms with Crippen molar-refractivity contribution in [1.82, 2.24) is 14.8 Å². The first-order valence-electron chi connectivity index (χ1n) is 7.98. The Morgan fingerprint density at radius 3 is 2.87 bits per heavy atom. The molecule has 0 radical (unpaired) electrons. The topological polar surface area (TPSA) is 59.8 Å². The Labute approximate surface area is 140 Å². The zero-order valence-corrected chi connectivity index (χ0v) is 14.6. The fourth-order valence-electron chi connectivity index (χ4n) is 2.50. The van der Waals surface area contributed by atoms with E-state index in [0.717, 1.165) is 16.7 Å². The van der Waals surface area contributed by atoms with Crippen LogP contribution in [0.5, 0.6) is 0 Å². The number of carbonyl (C=O) groups is 1. The molecule has 1 aliphatic rings. The summed E-state index contributed by atoms with van der Waals surface area (Å²) in [5.74, 6) is 1.71. The van der Waals surface area contributed by atoms with E-state index in [4.69, 9.17) is 0 Å². The highest BCUT2D eigenvalue weighted by Crippen LogP contribution is 2.38. The lowest BCUT2D eigenvalue weighted by molar-refractivity contribution is -0.113. The number of thioether (sulfide) groups is 1. The molecule has 1 fully saturated rings. The Bertz CT molecular complexity index is 706. The number of aryl methyl sites for hydroxylation is 1. The van der Waals surface area contributed by atoms with E-state index in [0.29, 0.717) is 17.7 Å². The number of carbonyl (C=O) groups excluding carboxylic acids is 1. The molecule has 1 aliphatic carbocycles. The van der Waals surface area contributed by atoms with Crippen LogP contribution < -0.4 is 5.32 Å². The lowest BCUT2D eigenvalue weighted by atomic mass is 10.0. The zero-order valence-electron chi connectivity index (χ0n) is 13.7. The molecule has 1 aromatic carbocycles. The Morgan fingerprint density at radius 1 is 1.39 bits per heavy atom. The lowest BCUT2D eigenvalue weighted by Crippen LogP contribution is -2.14. The lowest BCUT2D eigenvalue weighted by Gasteiger charge is -2.10. The van der Waals surface area contributed by atoms with Crippen molar-refractivity contribution < 1.29 is 4.79 Å². The van der Waals surface area contributed by atoms with Crippen molar-refractivity contribution in [2.75, 3.05) is 11.1 Å². The van der Waals surface area contributed by atoms with Gasteiger partial charge in [0.25, 0.3) is 0 Å². The molecule has 0 saturated heterocycles. The van der Waals surface area contributed by atoms with Crippen molar-refractivity contribution in [3.05, 3.63) is 35.7 Å². The van der Waals surface area contributed by atoms with Gasteiger partial charge in [0.1, 0.15) is 5.82 Å². The van der Waals surface area contributed by atoms with Crippen LogP contribution in [0.2, 0.25) is 0 Å². The van der Waals surface area contributed by atoms with E-state index in [-0.39, 0.29) is 5.91 Å². The minimum absolute atomic E-state index is 0.0149. The fourth-order valence-corrected chi connectivity index (χ4v) is 3.36. The molecule has 3 rings (SSSR count). The number of benzene rings is 1. The van der Waals surface area contributed by atoms with Crippen LogP contribution in [0.15, 0.2) is 29.4 Å². The van der Waals surface area contributed by atoms with Gasteiger partial charge >= 0.3 is 0 Å².